The highest BCUT2D eigenvalue weighted by Gasteiger charge is 2.40. The Morgan fingerprint density at radius 2 is 1.63 bits per heavy atom. The molecular formula is C14H13ClN2O2. The van der Waals surface area contributed by atoms with E-state index in [9.17, 15) is 9.59 Å². The molecule has 4 nitrogen and oxygen atoms in total. The van der Waals surface area contributed by atoms with Crippen molar-refractivity contribution in [2.45, 2.75) is 25.7 Å². The van der Waals surface area contributed by atoms with Gasteiger partial charge in [-0.25, -0.2) is 4.90 Å². The summed E-state index contributed by atoms with van der Waals surface area (Å²) in [6.45, 7) is 0. The van der Waals surface area contributed by atoms with Crippen LogP contribution in [0.1, 0.15) is 25.7 Å². The normalized spacial score (nSPS) is 19.1. The van der Waals surface area contributed by atoms with E-state index in [-0.39, 0.29) is 11.8 Å². The zero-order valence-corrected chi connectivity index (χ0v) is 11.0. The van der Waals surface area contributed by atoms with E-state index in [1.54, 1.807) is 18.2 Å². The highest BCUT2D eigenvalue weighted by molar-refractivity contribution is 6.34. The van der Waals surface area contributed by atoms with Crippen LogP contribution in [-0.2, 0) is 9.59 Å². The number of carbonyl (C=O) groups excluding carboxylic acids is 2. The fraction of sp³-hybridized carbons (Fsp3) is 0.286. The lowest BCUT2D eigenvalue weighted by Crippen LogP contribution is -2.32. The first-order chi connectivity index (χ1) is 9.09. The molecule has 0 spiro atoms. The number of hydrogen-bond acceptors (Lipinski definition) is 3. The monoisotopic (exact) mass is 276 g/mol. The molecule has 19 heavy (non-hydrogen) atoms. The molecule has 1 aliphatic heterocycles. The van der Waals surface area contributed by atoms with Crippen molar-refractivity contribution in [3.8, 4) is 0 Å². The van der Waals surface area contributed by atoms with E-state index in [0.29, 0.717) is 40.4 Å². The molecule has 0 fully saturated rings. The zero-order chi connectivity index (χ0) is 13.6. The molecule has 2 amide bonds. The standard InChI is InChI=1S/C14H13ClN2O2/c15-8-5-6-12(11(16)7-8)17-13(18)9-3-1-2-4-10(9)14(17)19/h5-7H,1-4,16H2. The first-order valence-corrected chi connectivity index (χ1v) is 6.63. The maximum absolute atomic E-state index is 12.3. The van der Waals surface area contributed by atoms with Crippen LogP contribution in [-0.4, -0.2) is 11.8 Å². The summed E-state index contributed by atoms with van der Waals surface area (Å²) in [5.74, 6) is -0.456. The van der Waals surface area contributed by atoms with Gasteiger partial charge in [0.15, 0.2) is 0 Å². The van der Waals surface area contributed by atoms with Gasteiger partial charge in [0.1, 0.15) is 0 Å². The number of carbonyl (C=O) groups is 2. The van der Waals surface area contributed by atoms with Crippen molar-refractivity contribution in [3.63, 3.8) is 0 Å². The van der Waals surface area contributed by atoms with Gasteiger partial charge in [0.25, 0.3) is 11.8 Å². The summed E-state index contributed by atoms with van der Waals surface area (Å²) in [5.41, 5.74) is 7.95. The number of imide groups is 1. The van der Waals surface area contributed by atoms with E-state index in [0.717, 1.165) is 12.8 Å². The molecule has 1 heterocycles. The van der Waals surface area contributed by atoms with Crippen LogP contribution in [0.3, 0.4) is 0 Å². The summed E-state index contributed by atoms with van der Waals surface area (Å²) in [4.78, 5) is 25.9. The Labute approximate surface area is 115 Å². The quantitative estimate of drug-likeness (QED) is 0.633. The van der Waals surface area contributed by atoms with Crippen molar-refractivity contribution in [3.05, 3.63) is 34.4 Å². The van der Waals surface area contributed by atoms with Crippen LogP contribution < -0.4 is 10.6 Å². The minimum Gasteiger partial charge on any atom is -0.397 e. The fourth-order valence-corrected chi connectivity index (χ4v) is 2.87. The van der Waals surface area contributed by atoms with Crippen molar-refractivity contribution in [2.24, 2.45) is 0 Å². The van der Waals surface area contributed by atoms with Gasteiger partial charge in [-0.3, -0.25) is 9.59 Å². The summed E-state index contributed by atoms with van der Waals surface area (Å²) in [6.07, 6.45) is 3.29. The number of benzene rings is 1. The molecule has 0 bridgehead atoms. The number of nitrogens with zero attached hydrogens (tertiary/aromatic N) is 1. The third-order valence-corrected chi connectivity index (χ3v) is 3.86. The largest absolute Gasteiger partial charge is 0.397 e. The minimum absolute atomic E-state index is 0.228. The molecule has 3 rings (SSSR count). The summed E-state index contributed by atoms with van der Waals surface area (Å²) in [5, 5.41) is 0.484. The van der Waals surface area contributed by atoms with Crippen LogP contribution in [0.15, 0.2) is 29.3 Å². The van der Waals surface area contributed by atoms with Gasteiger partial charge in [-0.15, -0.1) is 0 Å². The predicted molar refractivity (Wildman–Crippen MR) is 73.9 cm³/mol. The van der Waals surface area contributed by atoms with Crippen LogP contribution >= 0.6 is 11.6 Å². The highest BCUT2D eigenvalue weighted by Crippen LogP contribution is 2.38. The number of nitrogen functional groups attached to an aromatic ring is 1. The van der Waals surface area contributed by atoms with Crippen LogP contribution in [0.2, 0.25) is 5.02 Å². The molecule has 0 saturated heterocycles. The van der Waals surface area contributed by atoms with Gasteiger partial charge in [-0.1, -0.05) is 11.6 Å². The first-order valence-electron chi connectivity index (χ1n) is 6.25. The summed E-state index contributed by atoms with van der Waals surface area (Å²) in [7, 11) is 0. The average molecular weight is 277 g/mol. The Bertz CT molecular complexity index is 594. The summed E-state index contributed by atoms with van der Waals surface area (Å²) in [6, 6.07) is 4.80. The molecule has 1 aliphatic carbocycles. The zero-order valence-electron chi connectivity index (χ0n) is 10.3. The Morgan fingerprint density at radius 1 is 1.05 bits per heavy atom. The molecule has 2 N–H and O–H groups in total. The third-order valence-electron chi connectivity index (χ3n) is 3.62. The van der Waals surface area contributed by atoms with E-state index in [1.165, 1.54) is 4.90 Å². The number of halogens is 1. The molecule has 1 aromatic carbocycles. The van der Waals surface area contributed by atoms with Crippen molar-refractivity contribution < 1.29 is 9.59 Å². The highest BCUT2D eigenvalue weighted by atomic mass is 35.5. The third kappa shape index (κ3) is 1.83. The van der Waals surface area contributed by atoms with Crippen LogP contribution in [0.25, 0.3) is 0 Å². The average Bonchev–Trinajstić information content (AvgIpc) is 2.64. The van der Waals surface area contributed by atoms with E-state index in [2.05, 4.69) is 0 Å². The minimum atomic E-state index is -0.228. The second-order valence-corrected chi connectivity index (χ2v) is 5.25. The lowest BCUT2D eigenvalue weighted by atomic mass is 9.93. The second kappa shape index (κ2) is 4.38. The number of anilines is 2. The molecule has 0 saturated carbocycles. The van der Waals surface area contributed by atoms with E-state index in [4.69, 9.17) is 17.3 Å². The van der Waals surface area contributed by atoms with Gasteiger partial charge in [0.2, 0.25) is 0 Å². The Kier molecular flexibility index (Phi) is 2.82. The van der Waals surface area contributed by atoms with Crippen LogP contribution in [0.5, 0.6) is 0 Å². The number of amides is 2. The predicted octanol–water partition coefficient (Wildman–Crippen LogP) is 2.67. The van der Waals surface area contributed by atoms with Crippen molar-refractivity contribution in [1.29, 1.82) is 0 Å². The van der Waals surface area contributed by atoms with Gasteiger partial charge in [-0.2, -0.15) is 0 Å². The molecule has 1 aromatic rings. The molecule has 0 aromatic heterocycles. The number of hydrogen-bond donors (Lipinski definition) is 1. The molecular weight excluding hydrogens is 264 g/mol. The summed E-state index contributed by atoms with van der Waals surface area (Å²) < 4.78 is 0. The Morgan fingerprint density at radius 3 is 2.16 bits per heavy atom. The molecule has 5 heteroatoms. The van der Waals surface area contributed by atoms with Gasteiger partial charge in [0, 0.05) is 16.2 Å². The van der Waals surface area contributed by atoms with Crippen LogP contribution in [0.4, 0.5) is 11.4 Å². The van der Waals surface area contributed by atoms with E-state index < -0.39 is 0 Å². The first kappa shape index (κ1) is 12.2. The maximum atomic E-state index is 12.3. The second-order valence-electron chi connectivity index (χ2n) is 4.81. The van der Waals surface area contributed by atoms with Crippen molar-refractivity contribution in [2.75, 3.05) is 10.6 Å². The van der Waals surface area contributed by atoms with Gasteiger partial charge in [-0.05, 0) is 43.9 Å². The Hall–Kier alpha value is -1.81. The topological polar surface area (TPSA) is 63.4 Å². The fourth-order valence-electron chi connectivity index (χ4n) is 2.69. The molecule has 98 valence electrons. The number of nitrogens with two attached hydrogens (primary N) is 1. The molecule has 0 unspecified atom stereocenters. The van der Waals surface area contributed by atoms with Crippen molar-refractivity contribution in [1.82, 2.24) is 0 Å². The SMILES string of the molecule is Nc1cc(Cl)ccc1N1C(=O)C2=C(CCCC2)C1=O. The molecule has 0 atom stereocenters. The van der Waals surface area contributed by atoms with Gasteiger partial charge >= 0.3 is 0 Å². The van der Waals surface area contributed by atoms with Crippen molar-refractivity contribution >= 4 is 34.8 Å². The Balaban J connectivity index is 2.04. The smallest absolute Gasteiger partial charge is 0.261 e. The van der Waals surface area contributed by atoms with E-state index in [1.807, 2.05) is 0 Å². The molecule has 0 radical (unpaired) electrons. The molecule has 2 aliphatic rings. The maximum Gasteiger partial charge on any atom is 0.261 e. The van der Waals surface area contributed by atoms with Gasteiger partial charge < -0.3 is 5.73 Å². The number of rotatable bonds is 1. The summed E-state index contributed by atoms with van der Waals surface area (Å²) >= 11 is 5.84. The lowest BCUT2D eigenvalue weighted by molar-refractivity contribution is -0.120. The van der Waals surface area contributed by atoms with Crippen LogP contribution in [0, 0.1) is 0 Å². The lowest BCUT2D eigenvalue weighted by Gasteiger charge is -2.17. The van der Waals surface area contributed by atoms with E-state index >= 15 is 0 Å². The van der Waals surface area contributed by atoms with Gasteiger partial charge in [0.05, 0.1) is 11.4 Å².